The van der Waals surface area contributed by atoms with Crippen LogP contribution in [-0.4, -0.2) is 30.1 Å². The summed E-state index contributed by atoms with van der Waals surface area (Å²) in [7, 11) is 1.97. The van der Waals surface area contributed by atoms with E-state index in [1.807, 2.05) is 7.05 Å². The fraction of sp³-hybridized carbons (Fsp3) is 0.308. The van der Waals surface area contributed by atoms with E-state index in [2.05, 4.69) is 9.88 Å². The van der Waals surface area contributed by atoms with Crippen LogP contribution >= 0.6 is 11.3 Å². The molecule has 6 heteroatoms. The quantitative estimate of drug-likeness (QED) is 0.883. The summed E-state index contributed by atoms with van der Waals surface area (Å²) in [6.07, 6.45) is 1.77. The number of nitrogens with two attached hydrogens (primary N) is 1. The highest BCUT2D eigenvalue weighted by Gasteiger charge is 2.05. The van der Waals surface area contributed by atoms with Gasteiger partial charge in [-0.05, 0) is 19.2 Å². The molecule has 0 bridgehead atoms. The lowest BCUT2D eigenvalue weighted by Gasteiger charge is -2.15. The molecule has 0 spiro atoms. The third-order valence-corrected chi connectivity index (χ3v) is 3.38. The molecule has 102 valence electrons. The molecule has 0 aliphatic heterocycles. The van der Waals surface area contributed by atoms with Crippen LogP contribution in [0.5, 0.6) is 5.75 Å². The van der Waals surface area contributed by atoms with Gasteiger partial charge in [-0.25, -0.2) is 9.37 Å². The van der Waals surface area contributed by atoms with E-state index in [-0.39, 0.29) is 11.6 Å². The average molecular weight is 281 g/mol. The summed E-state index contributed by atoms with van der Waals surface area (Å²) >= 11 is 1.47. The molecule has 2 rings (SSSR count). The lowest BCUT2D eigenvalue weighted by molar-refractivity contribution is 0.227. The standard InChI is InChI=1S/C13H16FN3OS/c1-17(9-10-8-16-13(15)19-10)6-7-18-12-5-3-2-4-11(12)14/h2-5,8H,6-7,9H2,1H3,(H2,15,16). The van der Waals surface area contributed by atoms with Gasteiger partial charge in [0.15, 0.2) is 16.7 Å². The minimum absolute atomic E-state index is 0.290. The third-order valence-electron chi connectivity index (χ3n) is 2.56. The Bertz CT molecular complexity index is 532. The van der Waals surface area contributed by atoms with E-state index >= 15 is 0 Å². The summed E-state index contributed by atoms with van der Waals surface area (Å²) in [6.45, 7) is 1.90. The molecule has 0 radical (unpaired) electrons. The molecule has 0 atom stereocenters. The Balaban J connectivity index is 1.75. The molecule has 0 saturated carbocycles. The molecule has 0 aliphatic carbocycles. The van der Waals surface area contributed by atoms with Crippen molar-refractivity contribution < 1.29 is 9.13 Å². The van der Waals surface area contributed by atoms with E-state index in [1.165, 1.54) is 17.4 Å². The van der Waals surface area contributed by atoms with Crippen LogP contribution in [-0.2, 0) is 6.54 Å². The number of thiazole rings is 1. The maximum atomic E-state index is 13.3. The van der Waals surface area contributed by atoms with E-state index in [0.717, 1.165) is 11.4 Å². The Morgan fingerprint density at radius 2 is 2.21 bits per heavy atom. The third kappa shape index (κ3) is 4.18. The molecule has 0 aliphatic rings. The zero-order valence-electron chi connectivity index (χ0n) is 10.7. The van der Waals surface area contributed by atoms with Crippen molar-refractivity contribution in [1.29, 1.82) is 0 Å². The fourth-order valence-corrected chi connectivity index (χ4v) is 2.38. The van der Waals surface area contributed by atoms with Crippen LogP contribution in [0, 0.1) is 5.82 Å². The molecule has 1 aromatic carbocycles. The minimum Gasteiger partial charge on any atom is -0.489 e. The second-order valence-electron chi connectivity index (χ2n) is 4.18. The first-order valence-electron chi connectivity index (χ1n) is 5.91. The molecule has 4 nitrogen and oxygen atoms in total. The van der Waals surface area contributed by atoms with Gasteiger partial charge in [-0.3, -0.25) is 4.90 Å². The van der Waals surface area contributed by atoms with Crippen molar-refractivity contribution >= 4 is 16.5 Å². The summed E-state index contributed by atoms with van der Waals surface area (Å²) in [6, 6.07) is 6.41. The Kier molecular flexibility index (Phi) is 4.70. The number of benzene rings is 1. The summed E-state index contributed by atoms with van der Waals surface area (Å²) in [5.74, 6) is -0.0432. The molecule has 0 unspecified atom stereocenters. The number of hydrogen-bond acceptors (Lipinski definition) is 5. The first-order chi connectivity index (χ1) is 9.15. The van der Waals surface area contributed by atoms with Crippen LogP contribution in [0.2, 0.25) is 0 Å². The van der Waals surface area contributed by atoms with Gasteiger partial charge in [-0.2, -0.15) is 0 Å². The van der Waals surface area contributed by atoms with Gasteiger partial charge in [0.05, 0.1) is 0 Å². The summed E-state index contributed by atoms with van der Waals surface area (Å²) < 4.78 is 18.7. The molecule has 0 saturated heterocycles. The van der Waals surface area contributed by atoms with E-state index in [0.29, 0.717) is 18.3 Å². The SMILES string of the molecule is CN(CCOc1ccccc1F)Cc1cnc(N)s1. The van der Waals surface area contributed by atoms with Crippen LogP contribution in [0.1, 0.15) is 4.88 Å². The number of likely N-dealkylation sites (N-methyl/N-ethyl adjacent to an activating group) is 1. The van der Waals surface area contributed by atoms with Crippen LogP contribution < -0.4 is 10.5 Å². The summed E-state index contributed by atoms with van der Waals surface area (Å²) in [4.78, 5) is 7.18. The zero-order valence-corrected chi connectivity index (χ0v) is 11.5. The first-order valence-corrected chi connectivity index (χ1v) is 6.73. The number of para-hydroxylation sites is 1. The Hall–Kier alpha value is -1.66. The van der Waals surface area contributed by atoms with E-state index in [1.54, 1.807) is 24.4 Å². The molecule has 1 aromatic heterocycles. The van der Waals surface area contributed by atoms with Crippen LogP contribution in [0.25, 0.3) is 0 Å². The van der Waals surface area contributed by atoms with Gasteiger partial charge < -0.3 is 10.5 Å². The topological polar surface area (TPSA) is 51.4 Å². The predicted molar refractivity (Wildman–Crippen MR) is 74.8 cm³/mol. The van der Waals surface area contributed by atoms with Gasteiger partial charge in [0.1, 0.15) is 6.61 Å². The molecule has 19 heavy (non-hydrogen) atoms. The highest BCUT2D eigenvalue weighted by atomic mass is 32.1. The van der Waals surface area contributed by atoms with Crippen molar-refractivity contribution in [1.82, 2.24) is 9.88 Å². The number of nitrogens with zero attached hydrogens (tertiary/aromatic N) is 2. The number of anilines is 1. The number of ether oxygens (including phenoxy) is 1. The highest BCUT2D eigenvalue weighted by molar-refractivity contribution is 7.15. The van der Waals surface area contributed by atoms with Crippen LogP contribution in [0.15, 0.2) is 30.5 Å². The highest BCUT2D eigenvalue weighted by Crippen LogP contribution is 2.17. The Morgan fingerprint density at radius 3 is 2.89 bits per heavy atom. The van der Waals surface area contributed by atoms with Gasteiger partial charge in [-0.1, -0.05) is 12.1 Å². The number of halogens is 1. The second-order valence-corrected chi connectivity index (χ2v) is 5.33. The zero-order chi connectivity index (χ0) is 13.7. The molecular weight excluding hydrogens is 265 g/mol. The van der Waals surface area contributed by atoms with Crippen molar-refractivity contribution in [3.05, 3.63) is 41.2 Å². The lowest BCUT2D eigenvalue weighted by atomic mass is 10.3. The van der Waals surface area contributed by atoms with Gasteiger partial charge in [-0.15, -0.1) is 11.3 Å². The van der Waals surface area contributed by atoms with Gasteiger partial charge in [0.25, 0.3) is 0 Å². The van der Waals surface area contributed by atoms with Gasteiger partial charge in [0.2, 0.25) is 0 Å². The number of aromatic nitrogens is 1. The number of rotatable bonds is 6. The Labute approximate surface area is 115 Å². The molecule has 1 heterocycles. The smallest absolute Gasteiger partial charge is 0.180 e. The average Bonchev–Trinajstić information content (AvgIpc) is 2.77. The van der Waals surface area contributed by atoms with Crippen molar-refractivity contribution in [2.45, 2.75) is 6.54 Å². The van der Waals surface area contributed by atoms with Crippen molar-refractivity contribution in [3.63, 3.8) is 0 Å². The van der Waals surface area contributed by atoms with E-state index < -0.39 is 0 Å². The Morgan fingerprint density at radius 1 is 1.42 bits per heavy atom. The molecule has 0 fully saturated rings. The van der Waals surface area contributed by atoms with Gasteiger partial charge >= 0.3 is 0 Å². The normalized spacial score (nSPS) is 10.9. The van der Waals surface area contributed by atoms with Crippen molar-refractivity contribution in [2.75, 3.05) is 25.9 Å². The van der Waals surface area contributed by atoms with Crippen LogP contribution in [0.4, 0.5) is 9.52 Å². The molecule has 2 N–H and O–H groups in total. The van der Waals surface area contributed by atoms with E-state index in [9.17, 15) is 4.39 Å². The van der Waals surface area contributed by atoms with Gasteiger partial charge in [0, 0.05) is 24.2 Å². The van der Waals surface area contributed by atoms with Crippen molar-refractivity contribution in [3.8, 4) is 5.75 Å². The monoisotopic (exact) mass is 281 g/mol. The second kappa shape index (κ2) is 6.49. The number of nitrogen functional groups attached to an aromatic ring is 1. The largest absolute Gasteiger partial charge is 0.489 e. The fourth-order valence-electron chi connectivity index (χ4n) is 1.61. The summed E-state index contributed by atoms with van der Waals surface area (Å²) in [5, 5.41) is 0.575. The minimum atomic E-state index is -0.333. The maximum absolute atomic E-state index is 13.3. The van der Waals surface area contributed by atoms with E-state index in [4.69, 9.17) is 10.5 Å². The predicted octanol–water partition coefficient (Wildman–Crippen LogP) is 2.38. The molecular formula is C13H16FN3OS. The number of hydrogen-bond donors (Lipinski definition) is 1. The lowest BCUT2D eigenvalue weighted by Crippen LogP contribution is -2.23. The first kappa shape index (κ1) is 13.8. The summed E-state index contributed by atoms with van der Waals surface area (Å²) in [5.41, 5.74) is 5.57. The van der Waals surface area contributed by atoms with Crippen LogP contribution in [0.3, 0.4) is 0 Å². The maximum Gasteiger partial charge on any atom is 0.180 e. The molecule has 0 amide bonds. The molecule has 2 aromatic rings. The van der Waals surface area contributed by atoms with Crippen molar-refractivity contribution in [2.24, 2.45) is 0 Å².